The summed E-state index contributed by atoms with van der Waals surface area (Å²) in [6.45, 7) is 2.67. The van der Waals surface area contributed by atoms with Crippen LogP contribution in [0.4, 0.5) is 0 Å². The van der Waals surface area contributed by atoms with Gasteiger partial charge in [-0.2, -0.15) is 10.1 Å². The van der Waals surface area contributed by atoms with Crippen LogP contribution in [-0.2, 0) is 13.0 Å². The predicted molar refractivity (Wildman–Crippen MR) is 74.0 cm³/mol. The van der Waals surface area contributed by atoms with Gasteiger partial charge in [-0.25, -0.2) is 0 Å². The predicted octanol–water partition coefficient (Wildman–Crippen LogP) is 2.10. The second-order valence-corrected chi connectivity index (χ2v) is 5.28. The van der Waals surface area contributed by atoms with Gasteiger partial charge in [0, 0.05) is 24.9 Å². The van der Waals surface area contributed by atoms with Gasteiger partial charge in [0.2, 0.25) is 5.89 Å². The van der Waals surface area contributed by atoms with Crippen molar-refractivity contribution in [1.29, 1.82) is 0 Å². The van der Waals surface area contributed by atoms with Gasteiger partial charge >= 0.3 is 0 Å². The topological polar surface area (TPSA) is 68.8 Å². The third-order valence-electron chi connectivity index (χ3n) is 3.93. The van der Waals surface area contributed by atoms with E-state index in [1.165, 1.54) is 25.7 Å². The molecule has 2 heterocycles. The maximum Gasteiger partial charge on any atom is 0.226 e. The second kappa shape index (κ2) is 6.17. The van der Waals surface area contributed by atoms with Crippen molar-refractivity contribution in [2.24, 2.45) is 0 Å². The van der Waals surface area contributed by atoms with Gasteiger partial charge in [-0.05, 0) is 18.9 Å². The van der Waals surface area contributed by atoms with E-state index in [1.807, 2.05) is 25.4 Å². The molecule has 1 aliphatic rings. The summed E-state index contributed by atoms with van der Waals surface area (Å²) >= 11 is 0. The highest BCUT2D eigenvalue weighted by molar-refractivity contribution is 4.92. The fourth-order valence-electron chi connectivity index (χ4n) is 2.87. The van der Waals surface area contributed by atoms with Crippen LogP contribution in [0.3, 0.4) is 0 Å². The molecule has 0 bridgehead atoms. The van der Waals surface area contributed by atoms with Crippen LogP contribution in [0.5, 0.6) is 0 Å². The van der Waals surface area contributed by atoms with Crippen LogP contribution in [0.1, 0.15) is 50.4 Å². The average Bonchev–Trinajstić information content (AvgIpc) is 3.17. The summed E-state index contributed by atoms with van der Waals surface area (Å²) in [5.74, 6) is 1.45. The van der Waals surface area contributed by atoms with Gasteiger partial charge in [0.1, 0.15) is 0 Å². The molecular formula is C14H21N5O. The summed E-state index contributed by atoms with van der Waals surface area (Å²) < 4.78 is 7.21. The monoisotopic (exact) mass is 275 g/mol. The molecule has 0 aromatic carbocycles. The Balaban J connectivity index is 1.62. The van der Waals surface area contributed by atoms with Crippen LogP contribution < -0.4 is 5.32 Å². The SMILES string of the molecule is CCc1nc(CNC2CCCCC2n2cccn2)no1. The normalized spacial score (nSPS) is 23.1. The van der Waals surface area contributed by atoms with Gasteiger partial charge in [0.25, 0.3) is 0 Å². The number of rotatable bonds is 5. The summed E-state index contributed by atoms with van der Waals surface area (Å²) in [5, 5.41) is 11.9. The molecule has 0 saturated heterocycles. The first-order valence-electron chi connectivity index (χ1n) is 7.41. The Hall–Kier alpha value is -1.69. The standard InChI is InChI=1S/C14H21N5O/c1-2-14-17-13(18-20-14)10-15-11-6-3-4-7-12(11)19-9-5-8-16-19/h5,8-9,11-12,15H,2-4,6-7,10H2,1H3. The van der Waals surface area contributed by atoms with Crippen molar-refractivity contribution in [3.8, 4) is 0 Å². The quantitative estimate of drug-likeness (QED) is 0.905. The van der Waals surface area contributed by atoms with Crippen molar-refractivity contribution < 1.29 is 4.52 Å². The molecule has 2 aromatic heterocycles. The molecule has 0 spiro atoms. The maximum atomic E-state index is 5.13. The first-order chi connectivity index (χ1) is 9.86. The van der Waals surface area contributed by atoms with E-state index in [1.54, 1.807) is 0 Å². The van der Waals surface area contributed by atoms with E-state index in [0.717, 1.165) is 12.2 Å². The number of nitrogens with one attached hydrogen (secondary N) is 1. The van der Waals surface area contributed by atoms with E-state index in [4.69, 9.17) is 4.52 Å². The van der Waals surface area contributed by atoms with Gasteiger partial charge in [-0.3, -0.25) is 4.68 Å². The van der Waals surface area contributed by atoms with Crippen molar-refractivity contribution in [3.63, 3.8) is 0 Å². The van der Waals surface area contributed by atoms with Crippen LogP contribution in [0.2, 0.25) is 0 Å². The molecule has 1 N–H and O–H groups in total. The fourth-order valence-corrected chi connectivity index (χ4v) is 2.87. The Labute approximate surface area is 118 Å². The summed E-state index contributed by atoms with van der Waals surface area (Å²) in [4.78, 5) is 4.34. The number of hydrogen-bond donors (Lipinski definition) is 1. The van der Waals surface area contributed by atoms with Gasteiger partial charge in [0.15, 0.2) is 5.82 Å². The lowest BCUT2D eigenvalue weighted by Gasteiger charge is -2.32. The van der Waals surface area contributed by atoms with E-state index < -0.39 is 0 Å². The van der Waals surface area contributed by atoms with Crippen LogP contribution in [0, 0.1) is 0 Å². The molecule has 1 aliphatic carbocycles. The summed E-state index contributed by atoms with van der Waals surface area (Å²) in [5.41, 5.74) is 0. The molecule has 20 heavy (non-hydrogen) atoms. The van der Waals surface area contributed by atoms with Crippen molar-refractivity contribution in [3.05, 3.63) is 30.2 Å². The van der Waals surface area contributed by atoms with Crippen molar-refractivity contribution in [2.45, 2.75) is 57.7 Å². The first kappa shape index (κ1) is 13.3. The number of aryl methyl sites for hydroxylation is 1. The molecule has 108 valence electrons. The summed E-state index contributed by atoms with van der Waals surface area (Å²) in [6, 6.07) is 2.83. The molecule has 6 nitrogen and oxygen atoms in total. The molecule has 2 unspecified atom stereocenters. The molecular weight excluding hydrogens is 254 g/mol. The highest BCUT2D eigenvalue weighted by Gasteiger charge is 2.26. The zero-order valence-corrected chi connectivity index (χ0v) is 11.8. The summed E-state index contributed by atoms with van der Waals surface area (Å²) in [6.07, 6.45) is 9.56. The largest absolute Gasteiger partial charge is 0.339 e. The molecule has 2 atom stereocenters. The van der Waals surface area contributed by atoms with Gasteiger partial charge in [-0.15, -0.1) is 0 Å². The minimum Gasteiger partial charge on any atom is -0.339 e. The molecule has 1 saturated carbocycles. The van der Waals surface area contributed by atoms with Crippen molar-refractivity contribution in [1.82, 2.24) is 25.2 Å². The highest BCUT2D eigenvalue weighted by Crippen LogP contribution is 2.28. The lowest BCUT2D eigenvalue weighted by atomic mass is 9.90. The molecule has 0 aliphatic heterocycles. The van der Waals surface area contributed by atoms with Gasteiger partial charge in [-0.1, -0.05) is 24.9 Å². The molecule has 3 rings (SSSR count). The smallest absolute Gasteiger partial charge is 0.226 e. The second-order valence-electron chi connectivity index (χ2n) is 5.28. The number of nitrogens with zero attached hydrogens (tertiary/aromatic N) is 4. The third kappa shape index (κ3) is 2.90. The summed E-state index contributed by atoms with van der Waals surface area (Å²) in [7, 11) is 0. The van der Waals surface area contributed by atoms with Gasteiger partial charge < -0.3 is 9.84 Å². The van der Waals surface area contributed by atoms with E-state index >= 15 is 0 Å². The van der Waals surface area contributed by atoms with Crippen molar-refractivity contribution in [2.75, 3.05) is 0 Å². The Morgan fingerprint density at radius 2 is 2.30 bits per heavy atom. The average molecular weight is 275 g/mol. The number of aromatic nitrogens is 4. The minimum atomic E-state index is 0.423. The highest BCUT2D eigenvalue weighted by atomic mass is 16.5. The molecule has 1 fully saturated rings. The Bertz CT molecular complexity index is 521. The van der Waals surface area contributed by atoms with E-state index in [-0.39, 0.29) is 0 Å². The molecule has 2 aromatic rings. The Morgan fingerprint density at radius 1 is 1.40 bits per heavy atom. The molecule has 0 radical (unpaired) electrons. The Kier molecular flexibility index (Phi) is 4.11. The zero-order valence-electron chi connectivity index (χ0n) is 11.8. The van der Waals surface area contributed by atoms with Crippen LogP contribution in [-0.4, -0.2) is 26.0 Å². The van der Waals surface area contributed by atoms with E-state index in [2.05, 4.69) is 25.2 Å². The maximum absolute atomic E-state index is 5.13. The lowest BCUT2D eigenvalue weighted by molar-refractivity contribution is 0.243. The third-order valence-corrected chi connectivity index (χ3v) is 3.93. The molecule has 6 heteroatoms. The fraction of sp³-hybridized carbons (Fsp3) is 0.643. The van der Waals surface area contributed by atoms with E-state index in [9.17, 15) is 0 Å². The van der Waals surface area contributed by atoms with Crippen LogP contribution in [0.15, 0.2) is 23.0 Å². The Morgan fingerprint density at radius 3 is 3.05 bits per heavy atom. The van der Waals surface area contributed by atoms with Gasteiger partial charge in [0.05, 0.1) is 12.6 Å². The van der Waals surface area contributed by atoms with Crippen LogP contribution >= 0.6 is 0 Å². The molecule has 0 amide bonds. The van der Waals surface area contributed by atoms with E-state index in [0.29, 0.717) is 24.5 Å². The van der Waals surface area contributed by atoms with Crippen LogP contribution in [0.25, 0.3) is 0 Å². The zero-order chi connectivity index (χ0) is 13.8. The lowest BCUT2D eigenvalue weighted by Crippen LogP contribution is -2.39. The number of hydrogen-bond acceptors (Lipinski definition) is 5. The first-order valence-corrected chi connectivity index (χ1v) is 7.41. The van der Waals surface area contributed by atoms with Crippen molar-refractivity contribution >= 4 is 0 Å². The minimum absolute atomic E-state index is 0.423.